The molecule has 0 aliphatic rings. The van der Waals surface area contributed by atoms with Gasteiger partial charge in [0, 0.05) is 11.3 Å². The lowest BCUT2D eigenvalue weighted by molar-refractivity contribution is 0.100. The van der Waals surface area contributed by atoms with Crippen molar-refractivity contribution in [3.63, 3.8) is 0 Å². The average molecular weight is 230 g/mol. The highest BCUT2D eigenvalue weighted by atomic mass is 16.3. The molecule has 0 bridgehead atoms. The number of furan rings is 1. The first-order chi connectivity index (χ1) is 8.16. The van der Waals surface area contributed by atoms with Gasteiger partial charge in [0.25, 0.3) is 0 Å². The maximum Gasteiger partial charge on any atom is 0.248 e. The molecule has 88 valence electrons. The molecule has 4 nitrogen and oxygen atoms in total. The van der Waals surface area contributed by atoms with Gasteiger partial charge in [-0.25, -0.2) is 0 Å². The van der Waals surface area contributed by atoms with E-state index in [2.05, 4.69) is 5.32 Å². The normalized spacial score (nSPS) is 12.1. The first-order valence-corrected chi connectivity index (χ1v) is 5.36. The lowest BCUT2D eigenvalue weighted by Crippen LogP contribution is -2.12. The van der Waals surface area contributed by atoms with Crippen molar-refractivity contribution < 1.29 is 9.21 Å². The Morgan fingerprint density at radius 1 is 1.35 bits per heavy atom. The van der Waals surface area contributed by atoms with Crippen LogP contribution in [0.5, 0.6) is 0 Å². The van der Waals surface area contributed by atoms with Crippen LogP contribution in [0.1, 0.15) is 29.1 Å². The van der Waals surface area contributed by atoms with Crippen LogP contribution in [0.2, 0.25) is 0 Å². The molecule has 2 rings (SSSR count). The molecule has 4 heteroatoms. The standard InChI is InChI=1S/C13H14N2O2/c1-9(12-6-3-7-17-12)15-11-5-2-4-10(8-11)13(14)16/h2-9,15H,1H3,(H2,14,16). The van der Waals surface area contributed by atoms with Gasteiger partial charge in [-0.05, 0) is 37.3 Å². The van der Waals surface area contributed by atoms with Crippen LogP contribution in [0.25, 0.3) is 0 Å². The molecule has 1 unspecified atom stereocenters. The molecular formula is C13H14N2O2. The van der Waals surface area contributed by atoms with E-state index in [1.165, 1.54) is 0 Å². The second-order valence-electron chi connectivity index (χ2n) is 3.83. The van der Waals surface area contributed by atoms with Crippen molar-refractivity contribution in [3.8, 4) is 0 Å². The number of nitrogens with one attached hydrogen (secondary N) is 1. The quantitative estimate of drug-likeness (QED) is 0.848. The maximum atomic E-state index is 11.0. The van der Waals surface area contributed by atoms with Gasteiger partial charge in [0.15, 0.2) is 0 Å². The van der Waals surface area contributed by atoms with Gasteiger partial charge < -0.3 is 15.5 Å². The van der Waals surface area contributed by atoms with E-state index in [9.17, 15) is 4.79 Å². The number of anilines is 1. The van der Waals surface area contributed by atoms with Crippen molar-refractivity contribution in [1.29, 1.82) is 0 Å². The Bertz CT molecular complexity index is 506. The van der Waals surface area contributed by atoms with Crippen molar-refractivity contribution >= 4 is 11.6 Å². The topological polar surface area (TPSA) is 68.3 Å². The van der Waals surface area contributed by atoms with Gasteiger partial charge in [0.05, 0.1) is 12.3 Å². The fourth-order valence-corrected chi connectivity index (χ4v) is 1.62. The largest absolute Gasteiger partial charge is 0.467 e. The van der Waals surface area contributed by atoms with Gasteiger partial charge in [-0.15, -0.1) is 0 Å². The number of amides is 1. The minimum atomic E-state index is -0.431. The molecule has 0 fully saturated rings. The Labute approximate surface area is 99.4 Å². The number of carbonyl (C=O) groups is 1. The van der Waals surface area contributed by atoms with E-state index < -0.39 is 5.91 Å². The minimum absolute atomic E-state index is 0.0353. The lowest BCUT2D eigenvalue weighted by atomic mass is 10.1. The van der Waals surface area contributed by atoms with Gasteiger partial charge in [-0.1, -0.05) is 6.07 Å². The van der Waals surface area contributed by atoms with E-state index in [0.29, 0.717) is 5.56 Å². The van der Waals surface area contributed by atoms with Gasteiger partial charge in [0.2, 0.25) is 5.91 Å². The van der Waals surface area contributed by atoms with Gasteiger partial charge >= 0.3 is 0 Å². The molecule has 3 N–H and O–H groups in total. The molecule has 17 heavy (non-hydrogen) atoms. The number of benzene rings is 1. The molecule has 0 aliphatic carbocycles. The molecule has 0 saturated heterocycles. The molecule has 1 heterocycles. The predicted octanol–water partition coefficient (Wildman–Crippen LogP) is 2.55. The second kappa shape index (κ2) is 4.74. The first-order valence-electron chi connectivity index (χ1n) is 5.36. The van der Waals surface area contributed by atoms with Gasteiger partial charge in [0.1, 0.15) is 5.76 Å². The first kappa shape index (κ1) is 11.3. The van der Waals surface area contributed by atoms with Crippen molar-refractivity contribution in [1.82, 2.24) is 0 Å². The van der Waals surface area contributed by atoms with E-state index in [1.807, 2.05) is 25.1 Å². The highest BCUT2D eigenvalue weighted by molar-refractivity contribution is 5.93. The molecular weight excluding hydrogens is 216 g/mol. The van der Waals surface area contributed by atoms with Crippen LogP contribution in [0.3, 0.4) is 0 Å². The van der Waals surface area contributed by atoms with Crippen LogP contribution in [-0.2, 0) is 0 Å². The molecule has 1 aromatic heterocycles. The Hall–Kier alpha value is -2.23. The Kier molecular flexibility index (Phi) is 3.14. The third kappa shape index (κ3) is 2.66. The molecule has 1 aromatic carbocycles. The summed E-state index contributed by atoms with van der Waals surface area (Å²) in [6.45, 7) is 1.98. The van der Waals surface area contributed by atoms with E-state index in [0.717, 1.165) is 11.4 Å². The molecule has 0 spiro atoms. The number of primary amides is 1. The lowest BCUT2D eigenvalue weighted by Gasteiger charge is -2.13. The summed E-state index contributed by atoms with van der Waals surface area (Å²) in [5, 5.41) is 3.24. The maximum absolute atomic E-state index is 11.0. The Morgan fingerprint density at radius 2 is 2.18 bits per heavy atom. The Morgan fingerprint density at radius 3 is 2.82 bits per heavy atom. The number of nitrogens with two attached hydrogens (primary N) is 1. The summed E-state index contributed by atoms with van der Waals surface area (Å²) in [7, 11) is 0. The number of hydrogen-bond donors (Lipinski definition) is 2. The minimum Gasteiger partial charge on any atom is -0.467 e. The zero-order valence-electron chi connectivity index (χ0n) is 9.51. The van der Waals surface area contributed by atoms with Crippen LogP contribution in [0.4, 0.5) is 5.69 Å². The number of carbonyl (C=O) groups excluding carboxylic acids is 1. The zero-order chi connectivity index (χ0) is 12.3. The summed E-state index contributed by atoms with van der Waals surface area (Å²) in [6, 6.07) is 10.9. The third-order valence-corrected chi connectivity index (χ3v) is 2.50. The predicted molar refractivity (Wildman–Crippen MR) is 65.7 cm³/mol. The second-order valence-corrected chi connectivity index (χ2v) is 3.83. The van der Waals surface area contributed by atoms with Crippen LogP contribution in [0, 0.1) is 0 Å². The van der Waals surface area contributed by atoms with Crippen LogP contribution < -0.4 is 11.1 Å². The number of hydrogen-bond acceptors (Lipinski definition) is 3. The summed E-state index contributed by atoms with van der Waals surface area (Å²) in [5.74, 6) is 0.411. The molecule has 2 aromatic rings. The summed E-state index contributed by atoms with van der Waals surface area (Å²) >= 11 is 0. The van der Waals surface area contributed by atoms with Crippen LogP contribution in [0.15, 0.2) is 47.1 Å². The molecule has 0 saturated carbocycles. The van der Waals surface area contributed by atoms with Crippen molar-refractivity contribution in [2.45, 2.75) is 13.0 Å². The molecule has 1 atom stereocenters. The highest BCUT2D eigenvalue weighted by Gasteiger charge is 2.08. The fraction of sp³-hybridized carbons (Fsp3) is 0.154. The van der Waals surface area contributed by atoms with E-state index in [-0.39, 0.29) is 6.04 Å². The van der Waals surface area contributed by atoms with E-state index >= 15 is 0 Å². The molecule has 0 aliphatic heterocycles. The van der Waals surface area contributed by atoms with E-state index in [1.54, 1.807) is 24.5 Å². The highest BCUT2D eigenvalue weighted by Crippen LogP contribution is 2.20. The van der Waals surface area contributed by atoms with Crippen LogP contribution >= 0.6 is 0 Å². The van der Waals surface area contributed by atoms with Crippen molar-refractivity contribution in [3.05, 3.63) is 54.0 Å². The smallest absolute Gasteiger partial charge is 0.248 e. The number of rotatable bonds is 4. The average Bonchev–Trinajstić information content (AvgIpc) is 2.82. The Balaban J connectivity index is 2.13. The van der Waals surface area contributed by atoms with Crippen molar-refractivity contribution in [2.24, 2.45) is 5.73 Å². The van der Waals surface area contributed by atoms with Crippen LogP contribution in [-0.4, -0.2) is 5.91 Å². The van der Waals surface area contributed by atoms with Gasteiger partial charge in [-0.2, -0.15) is 0 Å². The van der Waals surface area contributed by atoms with Gasteiger partial charge in [-0.3, -0.25) is 4.79 Å². The van der Waals surface area contributed by atoms with E-state index in [4.69, 9.17) is 10.2 Å². The SMILES string of the molecule is CC(Nc1cccc(C(N)=O)c1)c1ccco1. The summed E-state index contributed by atoms with van der Waals surface area (Å²) in [4.78, 5) is 11.0. The molecule has 0 radical (unpaired) electrons. The van der Waals surface area contributed by atoms with Crippen molar-refractivity contribution in [2.75, 3.05) is 5.32 Å². The molecule has 1 amide bonds. The zero-order valence-corrected chi connectivity index (χ0v) is 9.51. The fourth-order valence-electron chi connectivity index (χ4n) is 1.62. The summed E-state index contributed by atoms with van der Waals surface area (Å²) < 4.78 is 5.29. The summed E-state index contributed by atoms with van der Waals surface area (Å²) in [6.07, 6.45) is 1.63. The third-order valence-electron chi connectivity index (χ3n) is 2.50. The summed E-state index contributed by atoms with van der Waals surface area (Å²) in [5.41, 5.74) is 6.55. The monoisotopic (exact) mass is 230 g/mol.